The van der Waals surface area contributed by atoms with Crippen LogP contribution in [0.3, 0.4) is 0 Å². The van der Waals surface area contributed by atoms with Gasteiger partial charge < -0.3 is 31.3 Å². The van der Waals surface area contributed by atoms with Crippen LogP contribution < -0.4 is 31.3 Å². The molecule has 0 spiro atoms. The van der Waals surface area contributed by atoms with Gasteiger partial charge in [0.15, 0.2) is 11.6 Å². The molecule has 3 aromatic heterocycles. The number of anilines is 2. The van der Waals surface area contributed by atoms with Crippen molar-refractivity contribution in [3.05, 3.63) is 76.6 Å². The predicted molar refractivity (Wildman–Crippen MR) is 180 cm³/mol. The molecule has 0 saturated carbocycles. The van der Waals surface area contributed by atoms with E-state index in [2.05, 4.69) is 41.5 Å². The Morgan fingerprint density at radius 1 is 0.938 bits per heavy atom. The first kappa shape index (κ1) is 33.2. The molecule has 2 fully saturated rings. The zero-order valence-electron chi connectivity index (χ0n) is 26.7. The maximum absolute atomic E-state index is 15.5. The number of hydrogen-bond donors (Lipinski definition) is 5. The lowest BCUT2D eigenvalue weighted by molar-refractivity contribution is -0.120. The normalized spacial score (nSPS) is 17.3. The van der Waals surface area contributed by atoms with Gasteiger partial charge in [0.1, 0.15) is 6.33 Å². The van der Waals surface area contributed by atoms with Gasteiger partial charge in [-0.2, -0.15) is 0 Å². The zero-order chi connectivity index (χ0) is 33.6. The van der Waals surface area contributed by atoms with E-state index in [9.17, 15) is 9.59 Å². The SMILES string of the molecule is COc1nc(-c2ccnc(-c3cccc(Nc4ncnc(CNC[C@H]5CCC(=O)N5)c4F)c3C)c2Cl)ccc1CNC[C@H]1CCC(=O)N1. The topological polar surface area (TPSA) is 155 Å². The van der Waals surface area contributed by atoms with Crippen LogP contribution in [0.25, 0.3) is 22.5 Å². The Morgan fingerprint density at radius 2 is 1.67 bits per heavy atom. The molecule has 2 amide bonds. The van der Waals surface area contributed by atoms with Gasteiger partial charge >= 0.3 is 0 Å². The molecule has 48 heavy (non-hydrogen) atoms. The number of methoxy groups -OCH3 is 1. The van der Waals surface area contributed by atoms with Crippen LogP contribution in [0.2, 0.25) is 5.02 Å². The van der Waals surface area contributed by atoms with Crippen molar-refractivity contribution in [1.82, 2.24) is 41.2 Å². The van der Waals surface area contributed by atoms with Gasteiger partial charge in [-0.05, 0) is 43.5 Å². The van der Waals surface area contributed by atoms with Crippen LogP contribution >= 0.6 is 11.6 Å². The molecule has 250 valence electrons. The fourth-order valence-corrected chi connectivity index (χ4v) is 6.25. The molecule has 2 saturated heterocycles. The van der Waals surface area contributed by atoms with Crippen molar-refractivity contribution in [1.29, 1.82) is 0 Å². The van der Waals surface area contributed by atoms with Gasteiger partial charge in [-0.15, -0.1) is 0 Å². The molecule has 0 aliphatic carbocycles. The molecule has 5 N–H and O–H groups in total. The minimum absolute atomic E-state index is 0.0302. The van der Waals surface area contributed by atoms with E-state index in [4.69, 9.17) is 21.3 Å². The fraction of sp³-hybridized carbons (Fsp3) is 0.353. The monoisotopic (exact) mass is 673 g/mol. The highest BCUT2D eigenvalue weighted by atomic mass is 35.5. The van der Waals surface area contributed by atoms with E-state index >= 15 is 4.39 Å². The number of benzene rings is 1. The average Bonchev–Trinajstić information content (AvgIpc) is 3.70. The molecule has 0 unspecified atom stereocenters. The molecular weight excluding hydrogens is 637 g/mol. The second-order valence-corrected chi connectivity index (χ2v) is 12.2. The first-order chi connectivity index (χ1) is 23.3. The highest BCUT2D eigenvalue weighted by Crippen LogP contribution is 2.38. The van der Waals surface area contributed by atoms with Gasteiger partial charge in [0.05, 0.1) is 29.2 Å². The Kier molecular flexibility index (Phi) is 10.4. The van der Waals surface area contributed by atoms with Crippen molar-refractivity contribution >= 4 is 34.9 Å². The number of amides is 2. The van der Waals surface area contributed by atoms with E-state index in [0.717, 1.165) is 29.5 Å². The van der Waals surface area contributed by atoms with Crippen molar-refractivity contribution in [2.75, 3.05) is 25.5 Å². The van der Waals surface area contributed by atoms with Crippen LogP contribution in [0.15, 0.2) is 48.9 Å². The van der Waals surface area contributed by atoms with Crippen molar-refractivity contribution in [2.24, 2.45) is 0 Å². The van der Waals surface area contributed by atoms with E-state index in [1.54, 1.807) is 19.4 Å². The van der Waals surface area contributed by atoms with Crippen LogP contribution in [0, 0.1) is 12.7 Å². The third-order valence-electron chi connectivity index (χ3n) is 8.56. The summed E-state index contributed by atoms with van der Waals surface area (Å²) in [4.78, 5) is 40.5. The number of aromatic nitrogens is 4. The van der Waals surface area contributed by atoms with E-state index in [-0.39, 0.29) is 42.0 Å². The van der Waals surface area contributed by atoms with E-state index in [0.29, 0.717) is 66.0 Å². The number of rotatable bonds is 13. The molecule has 14 heteroatoms. The minimum atomic E-state index is -0.563. The summed E-state index contributed by atoms with van der Waals surface area (Å²) < 4.78 is 21.1. The summed E-state index contributed by atoms with van der Waals surface area (Å²) in [5.74, 6) is 0.0728. The average molecular weight is 674 g/mol. The summed E-state index contributed by atoms with van der Waals surface area (Å²) in [7, 11) is 1.57. The molecule has 2 aliphatic heterocycles. The van der Waals surface area contributed by atoms with Crippen molar-refractivity contribution in [3.63, 3.8) is 0 Å². The van der Waals surface area contributed by atoms with Gasteiger partial charge in [0.25, 0.3) is 0 Å². The van der Waals surface area contributed by atoms with Crippen molar-refractivity contribution in [2.45, 2.75) is 57.8 Å². The zero-order valence-corrected chi connectivity index (χ0v) is 27.5. The predicted octanol–water partition coefficient (Wildman–Crippen LogP) is 4.19. The number of carbonyl (C=O) groups excluding carboxylic acids is 2. The standard InChI is InChI=1S/C34H37ClFN9O3/c1-19-23(4-3-5-25(19)44-33-31(36)27(40-18-41-33)17-38-16-22-8-11-29(47)43-22)32-30(35)24(12-13-39-32)26-9-6-20(34(45-26)48-2)14-37-15-21-7-10-28(46)42-21/h3-6,9,12-13,18,21-22,37-38H,7-8,10-11,14-17H2,1-2H3,(H,42,46)(H,43,47)(H,40,41,44)/t21-,22-/m1/s1. The Morgan fingerprint density at radius 3 is 2.35 bits per heavy atom. The summed E-state index contributed by atoms with van der Waals surface area (Å²) >= 11 is 6.99. The Labute approximate surface area is 282 Å². The maximum Gasteiger partial charge on any atom is 0.220 e. The Bertz CT molecular complexity index is 1830. The third kappa shape index (κ3) is 7.53. The summed E-state index contributed by atoms with van der Waals surface area (Å²) in [6.07, 6.45) is 5.63. The summed E-state index contributed by atoms with van der Waals surface area (Å²) in [6.45, 7) is 3.81. The Hall–Kier alpha value is -4.72. The van der Waals surface area contributed by atoms with E-state index in [1.807, 2.05) is 37.3 Å². The smallest absolute Gasteiger partial charge is 0.220 e. The minimum Gasteiger partial charge on any atom is -0.481 e. The number of pyridine rings is 2. The molecule has 5 heterocycles. The maximum atomic E-state index is 15.5. The van der Waals surface area contributed by atoms with Crippen molar-refractivity contribution in [3.8, 4) is 28.4 Å². The number of ether oxygens (including phenoxy) is 1. The molecule has 0 radical (unpaired) electrons. The molecule has 0 bridgehead atoms. The fourth-order valence-electron chi connectivity index (χ4n) is 5.94. The largest absolute Gasteiger partial charge is 0.481 e. The molecule has 2 atom stereocenters. The van der Waals surface area contributed by atoms with Crippen LogP contribution in [0.4, 0.5) is 15.9 Å². The second kappa shape index (κ2) is 15.0. The Balaban J connectivity index is 1.17. The number of carbonyl (C=O) groups is 2. The number of hydrogen-bond acceptors (Lipinski definition) is 10. The number of nitrogens with one attached hydrogen (secondary N) is 5. The first-order valence-electron chi connectivity index (χ1n) is 15.9. The summed E-state index contributed by atoms with van der Waals surface area (Å²) in [6, 6.07) is 11.4. The van der Waals surface area contributed by atoms with Crippen LogP contribution in [-0.2, 0) is 22.7 Å². The van der Waals surface area contributed by atoms with Gasteiger partial charge in [0, 0.05) is 79.7 Å². The molecule has 2 aliphatic rings. The molecule has 6 rings (SSSR count). The van der Waals surface area contributed by atoms with Gasteiger partial charge in [0.2, 0.25) is 17.7 Å². The van der Waals surface area contributed by atoms with Crippen molar-refractivity contribution < 1.29 is 18.7 Å². The van der Waals surface area contributed by atoms with Crippen LogP contribution in [-0.4, -0.2) is 64.0 Å². The molecule has 4 aromatic rings. The van der Waals surface area contributed by atoms with Gasteiger partial charge in [-0.1, -0.05) is 29.8 Å². The first-order valence-corrected chi connectivity index (χ1v) is 16.2. The van der Waals surface area contributed by atoms with E-state index < -0.39 is 5.82 Å². The lowest BCUT2D eigenvalue weighted by atomic mass is 10.0. The molecular formula is C34H37ClFN9O3. The summed E-state index contributed by atoms with van der Waals surface area (Å²) in [5.41, 5.74) is 5.14. The van der Waals surface area contributed by atoms with Gasteiger partial charge in [-0.3, -0.25) is 14.6 Å². The molecule has 1 aromatic carbocycles. The van der Waals surface area contributed by atoms with E-state index in [1.165, 1.54) is 6.33 Å². The highest BCUT2D eigenvalue weighted by molar-refractivity contribution is 6.35. The lowest BCUT2D eigenvalue weighted by Crippen LogP contribution is -2.35. The van der Waals surface area contributed by atoms with Gasteiger partial charge in [-0.25, -0.2) is 19.3 Å². The lowest BCUT2D eigenvalue weighted by Gasteiger charge is -2.16. The second-order valence-electron chi connectivity index (χ2n) is 11.8. The van der Waals surface area contributed by atoms with Crippen LogP contribution in [0.5, 0.6) is 5.88 Å². The summed E-state index contributed by atoms with van der Waals surface area (Å²) in [5, 5.41) is 15.9. The number of halogens is 2. The highest BCUT2D eigenvalue weighted by Gasteiger charge is 2.22. The molecule has 12 nitrogen and oxygen atoms in total. The quantitative estimate of drug-likeness (QED) is 0.140. The van der Waals surface area contributed by atoms with Crippen LogP contribution in [0.1, 0.15) is 42.5 Å². The third-order valence-corrected chi connectivity index (χ3v) is 8.94. The number of nitrogens with zero attached hydrogens (tertiary/aromatic N) is 4.